The molecule has 88 valence electrons. The average molecular weight is 230 g/mol. The lowest BCUT2D eigenvalue weighted by atomic mass is 10.2. The maximum Gasteiger partial charge on any atom is 0.274 e. The van der Waals surface area contributed by atoms with Crippen molar-refractivity contribution in [3.8, 4) is 11.4 Å². The number of nitrogens with zero attached hydrogens (tertiary/aromatic N) is 1. The normalized spacial score (nSPS) is 13.7. The van der Waals surface area contributed by atoms with E-state index in [4.69, 9.17) is 4.74 Å². The number of ether oxygens (including phenoxy) is 1. The number of methoxy groups -OCH3 is 1. The molecule has 0 atom stereocenters. The summed E-state index contributed by atoms with van der Waals surface area (Å²) in [4.78, 5) is 12.2. The van der Waals surface area contributed by atoms with Gasteiger partial charge in [-0.2, -0.15) is 0 Å². The third-order valence-corrected chi connectivity index (χ3v) is 3.25. The van der Waals surface area contributed by atoms with Crippen LogP contribution in [0.15, 0.2) is 29.1 Å². The molecular formula is C13H14N2O2. The third kappa shape index (κ3) is 1.48. The molecule has 1 aliphatic rings. The van der Waals surface area contributed by atoms with E-state index in [0.717, 1.165) is 36.2 Å². The van der Waals surface area contributed by atoms with Crippen LogP contribution in [0.1, 0.15) is 17.7 Å². The minimum absolute atomic E-state index is 0.0574. The SMILES string of the molecule is COc1ccccc1-n1[nH]c2c(c1=O)CCC2. The van der Waals surface area contributed by atoms with Gasteiger partial charge in [0.05, 0.1) is 7.11 Å². The molecule has 17 heavy (non-hydrogen) atoms. The number of fused-ring (bicyclic) bond motifs is 1. The second-order valence-corrected chi connectivity index (χ2v) is 4.23. The molecule has 4 heteroatoms. The highest BCUT2D eigenvalue weighted by molar-refractivity contribution is 5.46. The number of aromatic amines is 1. The number of para-hydroxylation sites is 2. The molecule has 4 nitrogen and oxygen atoms in total. The van der Waals surface area contributed by atoms with Gasteiger partial charge in [0.15, 0.2) is 0 Å². The fraction of sp³-hybridized carbons (Fsp3) is 0.308. The largest absolute Gasteiger partial charge is 0.494 e. The fourth-order valence-corrected chi connectivity index (χ4v) is 2.41. The van der Waals surface area contributed by atoms with Gasteiger partial charge in [0.1, 0.15) is 11.4 Å². The van der Waals surface area contributed by atoms with Crippen molar-refractivity contribution in [1.82, 2.24) is 9.78 Å². The van der Waals surface area contributed by atoms with E-state index in [-0.39, 0.29) is 5.56 Å². The van der Waals surface area contributed by atoms with E-state index in [1.165, 1.54) is 0 Å². The Balaban J connectivity index is 2.19. The monoisotopic (exact) mass is 230 g/mol. The summed E-state index contributed by atoms with van der Waals surface area (Å²) in [7, 11) is 1.61. The topological polar surface area (TPSA) is 47.0 Å². The molecule has 0 unspecified atom stereocenters. The van der Waals surface area contributed by atoms with Crippen LogP contribution in [0.3, 0.4) is 0 Å². The van der Waals surface area contributed by atoms with Gasteiger partial charge >= 0.3 is 0 Å². The van der Waals surface area contributed by atoms with Crippen LogP contribution < -0.4 is 10.3 Å². The highest BCUT2D eigenvalue weighted by atomic mass is 16.5. The Morgan fingerprint density at radius 1 is 1.29 bits per heavy atom. The van der Waals surface area contributed by atoms with Gasteiger partial charge in [0, 0.05) is 11.3 Å². The number of hydrogen-bond donors (Lipinski definition) is 1. The van der Waals surface area contributed by atoms with Crippen LogP contribution in [0.25, 0.3) is 5.69 Å². The van der Waals surface area contributed by atoms with Crippen molar-refractivity contribution in [3.63, 3.8) is 0 Å². The summed E-state index contributed by atoms with van der Waals surface area (Å²) < 4.78 is 6.86. The van der Waals surface area contributed by atoms with E-state index in [1.807, 2.05) is 24.3 Å². The number of benzene rings is 1. The minimum atomic E-state index is 0.0574. The molecule has 1 aliphatic carbocycles. The van der Waals surface area contributed by atoms with Crippen LogP contribution >= 0.6 is 0 Å². The number of H-pyrrole nitrogens is 1. The second-order valence-electron chi connectivity index (χ2n) is 4.23. The minimum Gasteiger partial charge on any atom is -0.494 e. The van der Waals surface area contributed by atoms with E-state index in [0.29, 0.717) is 5.75 Å². The molecule has 0 spiro atoms. The van der Waals surface area contributed by atoms with Crippen molar-refractivity contribution < 1.29 is 4.74 Å². The number of nitrogens with one attached hydrogen (secondary N) is 1. The van der Waals surface area contributed by atoms with Gasteiger partial charge in [-0.05, 0) is 31.4 Å². The van der Waals surface area contributed by atoms with Crippen molar-refractivity contribution in [2.75, 3.05) is 7.11 Å². The molecule has 0 bridgehead atoms. The van der Waals surface area contributed by atoms with Gasteiger partial charge in [-0.1, -0.05) is 12.1 Å². The summed E-state index contributed by atoms with van der Waals surface area (Å²) in [5.41, 5.74) is 2.83. The molecule has 1 N–H and O–H groups in total. The zero-order valence-corrected chi connectivity index (χ0v) is 9.69. The van der Waals surface area contributed by atoms with E-state index in [2.05, 4.69) is 5.10 Å². The summed E-state index contributed by atoms with van der Waals surface area (Å²) in [5.74, 6) is 0.703. The number of hydrogen-bond acceptors (Lipinski definition) is 2. The first-order valence-electron chi connectivity index (χ1n) is 5.77. The molecule has 1 aromatic carbocycles. The van der Waals surface area contributed by atoms with Crippen LogP contribution in [-0.4, -0.2) is 16.9 Å². The van der Waals surface area contributed by atoms with Crippen LogP contribution in [0.4, 0.5) is 0 Å². The molecule has 0 aliphatic heterocycles. The van der Waals surface area contributed by atoms with E-state index >= 15 is 0 Å². The quantitative estimate of drug-likeness (QED) is 0.853. The molecule has 1 heterocycles. The average Bonchev–Trinajstić information content (AvgIpc) is 2.93. The Kier molecular flexibility index (Phi) is 2.28. The van der Waals surface area contributed by atoms with Gasteiger partial charge in [0.2, 0.25) is 0 Å². The maximum atomic E-state index is 12.2. The van der Waals surface area contributed by atoms with Gasteiger partial charge in [0.25, 0.3) is 5.56 Å². The number of aromatic nitrogens is 2. The van der Waals surface area contributed by atoms with Crippen molar-refractivity contribution in [2.24, 2.45) is 0 Å². The summed E-state index contributed by atoms with van der Waals surface area (Å²) >= 11 is 0. The van der Waals surface area contributed by atoms with E-state index in [1.54, 1.807) is 11.8 Å². The van der Waals surface area contributed by atoms with Gasteiger partial charge in [-0.15, -0.1) is 0 Å². The maximum absolute atomic E-state index is 12.2. The lowest BCUT2D eigenvalue weighted by molar-refractivity contribution is 0.411. The zero-order chi connectivity index (χ0) is 11.8. The number of rotatable bonds is 2. The Bertz CT molecular complexity index is 610. The fourth-order valence-electron chi connectivity index (χ4n) is 2.41. The van der Waals surface area contributed by atoms with Gasteiger partial charge in [-0.3, -0.25) is 9.89 Å². The highest BCUT2D eigenvalue weighted by Gasteiger charge is 2.20. The molecule has 2 aromatic rings. The van der Waals surface area contributed by atoms with Gasteiger partial charge < -0.3 is 4.74 Å². The summed E-state index contributed by atoms with van der Waals surface area (Å²) in [6.45, 7) is 0. The molecule has 1 aromatic heterocycles. The van der Waals surface area contributed by atoms with Crippen molar-refractivity contribution in [2.45, 2.75) is 19.3 Å². The third-order valence-electron chi connectivity index (χ3n) is 3.25. The molecule has 3 rings (SSSR count). The van der Waals surface area contributed by atoms with E-state index < -0.39 is 0 Å². The first-order chi connectivity index (χ1) is 8.31. The van der Waals surface area contributed by atoms with E-state index in [9.17, 15) is 4.79 Å². The summed E-state index contributed by atoms with van der Waals surface area (Å²) in [5, 5.41) is 3.18. The predicted molar refractivity (Wildman–Crippen MR) is 65.0 cm³/mol. The first kappa shape index (κ1) is 10.2. The summed E-state index contributed by atoms with van der Waals surface area (Å²) in [6, 6.07) is 7.53. The Labute approximate surface area is 98.8 Å². The molecule has 0 saturated heterocycles. The Hall–Kier alpha value is -1.97. The lowest BCUT2D eigenvalue weighted by Crippen LogP contribution is -2.17. The first-order valence-corrected chi connectivity index (χ1v) is 5.77. The van der Waals surface area contributed by atoms with Crippen molar-refractivity contribution in [3.05, 3.63) is 45.9 Å². The highest BCUT2D eigenvalue weighted by Crippen LogP contribution is 2.23. The smallest absolute Gasteiger partial charge is 0.274 e. The van der Waals surface area contributed by atoms with Crippen LogP contribution in [0, 0.1) is 0 Å². The standard InChI is InChI=1S/C13H14N2O2/c1-17-12-8-3-2-7-11(12)15-13(16)9-5-4-6-10(9)14-15/h2-3,7-8,14H,4-6H2,1H3. The van der Waals surface area contributed by atoms with Crippen molar-refractivity contribution in [1.29, 1.82) is 0 Å². The Morgan fingerprint density at radius 2 is 2.12 bits per heavy atom. The molecule has 0 radical (unpaired) electrons. The Morgan fingerprint density at radius 3 is 2.88 bits per heavy atom. The number of aryl methyl sites for hydroxylation is 1. The van der Waals surface area contributed by atoms with Gasteiger partial charge in [-0.25, -0.2) is 4.68 Å². The molecule has 0 fully saturated rings. The zero-order valence-electron chi connectivity index (χ0n) is 9.69. The lowest BCUT2D eigenvalue weighted by Gasteiger charge is -2.08. The van der Waals surface area contributed by atoms with Crippen LogP contribution in [0.2, 0.25) is 0 Å². The summed E-state index contributed by atoms with van der Waals surface area (Å²) in [6.07, 6.45) is 2.92. The van der Waals surface area contributed by atoms with Crippen molar-refractivity contribution >= 4 is 0 Å². The van der Waals surface area contributed by atoms with Crippen LogP contribution in [-0.2, 0) is 12.8 Å². The molecule has 0 amide bonds. The predicted octanol–water partition coefficient (Wildman–Crippen LogP) is 1.66. The molecule has 0 saturated carbocycles. The van der Waals surface area contributed by atoms with Crippen LogP contribution in [0.5, 0.6) is 5.75 Å². The second kappa shape index (κ2) is 3.80. The molecular weight excluding hydrogens is 216 g/mol.